The Kier molecular flexibility index (Phi) is 4.78. The van der Waals surface area contributed by atoms with E-state index in [1.54, 1.807) is 4.90 Å². The van der Waals surface area contributed by atoms with E-state index in [0.29, 0.717) is 12.4 Å². The highest BCUT2D eigenvalue weighted by atomic mass is 127. The molecule has 0 radical (unpaired) electrons. The van der Waals surface area contributed by atoms with Gasteiger partial charge in [-0.05, 0) is 39.2 Å². The topological polar surface area (TPSA) is 51.7 Å². The van der Waals surface area contributed by atoms with Gasteiger partial charge in [0.1, 0.15) is 11.7 Å². The third-order valence-electron chi connectivity index (χ3n) is 2.72. The Balaban J connectivity index is 1.93. The smallest absolute Gasteiger partial charge is 0.411 e. The third kappa shape index (κ3) is 4.21. The summed E-state index contributed by atoms with van der Waals surface area (Å²) in [5, 5.41) is 0. The Labute approximate surface area is 136 Å². The van der Waals surface area contributed by atoms with E-state index < -0.39 is 5.60 Å². The van der Waals surface area contributed by atoms with Crippen LogP contribution in [0, 0.1) is 6.92 Å². The second kappa shape index (κ2) is 6.05. The van der Waals surface area contributed by atoms with E-state index in [0.717, 1.165) is 11.3 Å². The molecule has 112 valence electrons. The van der Waals surface area contributed by atoms with Crippen molar-refractivity contribution < 1.29 is 14.3 Å². The van der Waals surface area contributed by atoms with Gasteiger partial charge < -0.3 is 9.47 Å². The molecule has 0 saturated carbocycles. The molecule has 5 nitrogen and oxygen atoms in total. The molecular weight excluding hydrogens is 391 g/mol. The number of hydrogen-bond acceptors (Lipinski definition) is 5. The van der Waals surface area contributed by atoms with Gasteiger partial charge in [0.2, 0.25) is 5.88 Å². The summed E-state index contributed by atoms with van der Waals surface area (Å²) in [7, 11) is 0. The highest BCUT2D eigenvalue weighted by Crippen LogP contribution is 2.28. The maximum Gasteiger partial charge on any atom is 0.411 e. The van der Waals surface area contributed by atoms with Gasteiger partial charge in [-0.1, -0.05) is 22.6 Å². The summed E-state index contributed by atoms with van der Waals surface area (Å²) in [4.78, 5) is 14.9. The van der Waals surface area contributed by atoms with E-state index in [-0.39, 0.29) is 16.2 Å². The Hall–Kier alpha value is -0.570. The van der Waals surface area contributed by atoms with Crippen molar-refractivity contribution in [3.63, 3.8) is 0 Å². The standard InChI is InChI=1S/C13H19IN2O3S/c1-8-5-11(15-20-8)18-9-6-10(14)16(7-9)12(17)19-13(2,3)4/h5,9-10H,6-7H2,1-4H3/t9?,10-/m1/s1. The molecule has 1 fully saturated rings. The lowest BCUT2D eigenvalue weighted by molar-refractivity contribution is 0.0266. The van der Waals surface area contributed by atoms with E-state index in [9.17, 15) is 4.79 Å². The van der Waals surface area contributed by atoms with Crippen LogP contribution >= 0.6 is 34.1 Å². The van der Waals surface area contributed by atoms with Gasteiger partial charge in [0.15, 0.2) is 0 Å². The van der Waals surface area contributed by atoms with Crippen molar-refractivity contribution in [1.82, 2.24) is 9.27 Å². The monoisotopic (exact) mass is 410 g/mol. The molecule has 2 atom stereocenters. The number of halogens is 1. The number of ether oxygens (including phenoxy) is 2. The molecule has 0 aromatic carbocycles. The summed E-state index contributed by atoms with van der Waals surface area (Å²) in [6, 6.07) is 1.92. The Morgan fingerprint density at radius 2 is 2.25 bits per heavy atom. The number of carbonyl (C=O) groups excluding carboxylic acids is 1. The van der Waals surface area contributed by atoms with E-state index in [2.05, 4.69) is 27.0 Å². The molecular formula is C13H19IN2O3S. The van der Waals surface area contributed by atoms with Gasteiger partial charge in [0, 0.05) is 17.4 Å². The van der Waals surface area contributed by atoms with Crippen molar-refractivity contribution in [2.24, 2.45) is 0 Å². The molecule has 1 aliphatic heterocycles. The summed E-state index contributed by atoms with van der Waals surface area (Å²) in [6.07, 6.45) is 0.486. The van der Waals surface area contributed by atoms with Crippen LogP contribution in [0.4, 0.5) is 4.79 Å². The van der Waals surface area contributed by atoms with E-state index >= 15 is 0 Å². The fraction of sp³-hybridized carbons (Fsp3) is 0.692. The quantitative estimate of drug-likeness (QED) is 0.425. The van der Waals surface area contributed by atoms with Crippen molar-refractivity contribution in [3.8, 4) is 5.88 Å². The number of likely N-dealkylation sites (tertiary alicyclic amines) is 1. The molecule has 1 aliphatic rings. The first-order chi connectivity index (χ1) is 9.24. The number of carbonyl (C=O) groups is 1. The van der Waals surface area contributed by atoms with Gasteiger partial charge in [-0.25, -0.2) is 4.79 Å². The zero-order chi connectivity index (χ0) is 14.9. The molecule has 1 aromatic rings. The first-order valence-corrected chi connectivity index (χ1v) is 8.50. The number of rotatable bonds is 2. The molecule has 0 spiro atoms. The average molecular weight is 410 g/mol. The first-order valence-electron chi connectivity index (χ1n) is 6.48. The lowest BCUT2D eigenvalue weighted by Gasteiger charge is -2.26. The molecule has 1 aromatic heterocycles. The zero-order valence-corrected chi connectivity index (χ0v) is 15.0. The minimum atomic E-state index is -0.474. The van der Waals surface area contributed by atoms with Crippen molar-refractivity contribution in [2.75, 3.05) is 6.54 Å². The lowest BCUT2D eigenvalue weighted by atomic mass is 10.2. The number of alkyl halides is 1. The predicted octanol–water partition coefficient (Wildman–Crippen LogP) is 3.60. The Morgan fingerprint density at radius 3 is 2.80 bits per heavy atom. The maximum absolute atomic E-state index is 12.1. The fourth-order valence-electron chi connectivity index (χ4n) is 1.92. The van der Waals surface area contributed by atoms with Crippen LogP contribution in [-0.2, 0) is 4.74 Å². The summed E-state index contributed by atoms with van der Waals surface area (Å²) >= 11 is 3.67. The largest absolute Gasteiger partial charge is 0.472 e. The second-order valence-corrected chi connectivity index (χ2v) is 8.27. The van der Waals surface area contributed by atoms with Crippen LogP contribution in [0.15, 0.2) is 6.07 Å². The molecule has 20 heavy (non-hydrogen) atoms. The van der Waals surface area contributed by atoms with Crippen LogP contribution in [0.5, 0.6) is 5.88 Å². The van der Waals surface area contributed by atoms with Crippen LogP contribution in [0.25, 0.3) is 0 Å². The molecule has 2 heterocycles. The van der Waals surface area contributed by atoms with Gasteiger partial charge in [0.05, 0.1) is 10.6 Å². The molecule has 0 bridgehead atoms. The average Bonchev–Trinajstić information content (AvgIpc) is 2.83. The number of aryl methyl sites for hydroxylation is 1. The van der Waals surface area contributed by atoms with Gasteiger partial charge in [-0.3, -0.25) is 4.90 Å². The summed E-state index contributed by atoms with van der Waals surface area (Å²) in [5.41, 5.74) is -0.474. The Bertz CT molecular complexity index is 486. The molecule has 1 amide bonds. The molecule has 0 aliphatic carbocycles. The number of aromatic nitrogens is 1. The predicted molar refractivity (Wildman–Crippen MR) is 86.6 cm³/mol. The van der Waals surface area contributed by atoms with Crippen molar-refractivity contribution in [2.45, 2.75) is 49.9 Å². The minimum absolute atomic E-state index is 0.0223. The van der Waals surface area contributed by atoms with Crippen LogP contribution in [0.1, 0.15) is 32.1 Å². The highest BCUT2D eigenvalue weighted by molar-refractivity contribution is 14.1. The molecule has 1 saturated heterocycles. The SMILES string of the molecule is Cc1cc(OC2C[C@H](I)N(C(=O)OC(C)(C)C)C2)ns1. The normalized spacial score (nSPS) is 22.9. The Morgan fingerprint density at radius 1 is 1.55 bits per heavy atom. The van der Waals surface area contributed by atoms with Gasteiger partial charge in [-0.15, -0.1) is 0 Å². The van der Waals surface area contributed by atoms with Gasteiger partial charge >= 0.3 is 6.09 Å². The van der Waals surface area contributed by atoms with E-state index in [1.807, 2.05) is 33.8 Å². The zero-order valence-electron chi connectivity index (χ0n) is 12.1. The molecule has 7 heteroatoms. The van der Waals surface area contributed by atoms with E-state index in [1.165, 1.54) is 11.5 Å². The fourth-order valence-corrected chi connectivity index (χ4v) is 3.42. The molecule has 0 N–H and O–H groups in total. The highest BCUT2D eigenvalue weighted by Gasteiger charge is 2.37. The van der Waals surface area contributed by atoms with Crippen LogP contribution in [0.2, 0.25) is 0 Å². The summed E-state index contributed by atoms with van der Waals surface area (Å²) in [6.45, 7) is 8.14. The molecule has 1 unspecified atom stereocenters. The second-order valence-electron chi connectivity index (χ2n) is 5.82. The first kappa shape index (κ1) is 15.8. The van der Waals surface area contributed by atoms with Crippen LogP contribution in [0.3, 0.4) is 0 Å². The molecule has 2 rings (SSSR count). The van der Waals surface area contributed by atoms with E-state index in [4.69, 9.17) is 9.47 Å². The number of hydrogen-bond donors (Lipinski definition) is 0. The lowest BCUT2D eigenvalue weighted by Crippen LogP contribution is -2.38. The van der Waals surface area contributed by atoms with Crippen molar-refractivity contribution in [3.05, 3.63) is 10.9 Å². The number of nitrogens with zero attached hydrogens (tertiary/aromatic N) is 2. The number of amides is 1. The van der Waals surface area contributed by atoms with Crippen LogP contribution < -0.4 is 4.74 Å². The maximum atomic E-state index is 12.1. The van der Waals surface area contributed by atoms with Crippen molar-refractivity contribution in [1.29, 1.82) is 0 Å². The minimum Gasteiger partial charge on any atom is -0.472 e. The van der Waals surface area contributed by atoms with Crippen molar-refractivity contribution >= 4 is 40.2 Å². The van der Waals surface area contributed by atoms with Gasteiger partial charge in [-0.2, -0.15) is 4.37 Å². The van der Waals surface area contributed by atoms with Crippen LogP contribution in [-0.4, -0.2) is 37.7 Å². The summed E-state index contributed by atoms with van der Waals surface area (Å²) in [5.74, 6) is 0.645. The third-order valence-corrected chi connectivity index (χ3v) is 4.58. The summed E-state index contributed by atoms with van der Waals surface area (Å²) < 4.78 is 15.5. The van der Waals surface area contributed by atoms with Gasteiger partial charge in [0.25, 0.3) is 0 Å².